The summed E-state index contributed by atoms with van der Waals surface area (Å²) in [4.78, 5) is 32.9. The van der Waals surface area contributed by atoms with Crippen molar-refractivity contribution in [1.82, 2.24) is 19.4 Å². The zero-order valence-corrected chi connectivity index (χ0v) is 36.7. The van der Waals surface area contributed by atoms with Crippen molar-refractivity contribution in [2.24, 2.45) is 35.1 Å². The zero-order chi connectivity index (χ0) is 41.6. The molecule has 13 nitrogen and oxygen atoms in total. The van der Waals surface area contributed by atoms with E-state index >= 15 is 4.21 Å². The molecule has 320 valence electrons. The minimum Gasteiger partial charge on any atom is -0.490 e. The fraction of sp³-hybridized carbons (Fsp3) is 0.614. The van der Waals surface area contributed by atoms with E-state index in [1.54, 1.807) is 13.1 Å². The lowest BCUT2D eigenvalue weighted by Crippen LogP contribution is -2.50. The summed E-state index contributed by atoms with van der Waals surface area (Å²) in [5.41, 5.74) is 3.41. The van der Waals surface area contributed by atoms with Gasteiger partial charge in [-0.3, -0.25) is 19.0 Å². The topological polar surface area (TPSA) is 137 Å². The number of fused-ring (bicyclic) bond motifs is 5. The van der Waals surface area contributed by atoms with E-state index < -0.39 is 21.7 Å². The van der Waals surface area contributed by atoms with E-state index in [2.05, 4.69) is 50.2 Å². The van der Waals surface area contributed by atoms with E-state index in [1.807, 2.05) is 32.2 Å². The summed E-state index contributed by atoms with van der Waals surface area (Å²) in [5.74, 6) is -0.195. The third-order valence-corrected chi connectivity index (χ3v) is 15.8. The first-order valence-corrected chi connectivity index (χ1v) is 23.2. The number of hydrogen-bond donors (Lipinski definition) is 1. The highest BCUT2D eigenvalue weighted by Gasteiger charge is 2.47. The van der Waals surface area contributed by atoms with Crippen LogP contribution in [0.2, 0.25) is 5.02 Å². The summed E-state index contributed by atoms with van der Waals surface area (Å²) in [7, 11) is 5.30. The van der Waals surface area contributed by atoms with Crippen molar-refractivity contribution in [2.75, 3.05) is 65.2 Å². The molecule has 59 heavy (non-hydrogen) atoms. The lowest BCUT2D eigenvalue weighted by Gasteiger charge is -2.47. The van der Waals surface area contributed by atoms with E-state index in [-0.39, 0.29) is 58.3 Å². The molecule has 1 N–H and O–H groups in total. The summed E-state index contributed by atoms with van der Waals surface area (Å²) in [5, 5.41) is 4.95. The Morgan fingerprint density at radius 1 is 1.14 bits per heavy atom. The molecule has 0 unspecified atom stereocenters. The highest BCUT2D eigenvalue weighted by atomic mass is 35.5. The van der Waals surface area contributed by atoms with Crippen molar-refractivity contribution in [3.63, 3.8) is 0 Å². The molecule has 5 aliphatic rings. The number of amides is 2. The monoisotopic (exact) mass is 850 g/mol. The molecule has 9 atom stereocenters. The van der Waals surface area contributed by atoms with Crippen LogP contribution in [0.15, 0.2) is 47.0 Å². The Morgan fingerprint density at radius 2 is 1.97 bits per heavy atom. The summed E-state index contributed by atoms with van der Waals surface area (Å²) in [6.07, 6.45) is 8.83. The first-order chi connectivity index (χ1) is 28.3. The molecule has 2 amide bonds. The number of benzene rings is 2. The van der Waals surface area contributed by atoms with Crippen LogP contribution in [-0.4, -0.2) is 109 Å². The molecule has 0 radical (unpaired) electrons. The smallest absolute Gasteiger partial charge is 0.286 e. The maximum Gasteiger partial charge on any atom is 0.286 e. The van der Waals surface area contributed by atoms with E-state index in [0.717, 1.165) is 75.2 Å². The van der Waals surface area contributed by atoms with Gasteiger partial charge in [-0.05, 0) is 137 Å². The molecule has 1 saturated carbocycles. The van der Waals surface area contributed by atoms with E-state index in [4.69, 9.17) is 30.5 Å². The number of rotatable bonds is 7. The number of aryl methyl sites for hydroxylation is 2. The molecule has 3 aliphatic heterocycles. The number of anilines is 1. The molecule has 1 aromatic heterocycles. The largest absolute Gasteiger partial charge is 0.490 e. The van der Waals surface area contributed by atoms with Crippen molar-refractivity contribution < 1.29 is 32.7 Å². The van der Waals surface area contributed by atoms with Gasteiger partial charge >= 0.3 is 0 Å². The molecule has 1 saturated heterocycles. The molecule has 15 heteroatoms. The Morgan fingerprint density at radius 3 is 2.71 bits per heavy atom. The third kappa shape index (κ3) is 8.62. The van der Waals surface area contributed by atoms with Crippen LogP contribution in [0, 0.1) is 23.7 Å². The molecule has 4 heterocycles. The fourth-order valence-electron chi connectivity index (χ4n) is 10.6. The molecular weight excluding hydrogens is 792 g/mol. The lowest BCUT2D eigenvalue weighted by atomic mass is 9.67. The fourth-order valence-corrected chi connectivity index (χ4v) is 12.7. The Bertz CT molecular complexity index is 2190. The minimum atomic E-state index is -3.73. The molecule has 1 spiro atoms. The molecule has 8 rings (SSSR count). The molecular formula is C44H59ClN6O7S. The standard InChI is InChI=1S/C44H59ClN6O7S/c1-27-24-59(54,48-42(53)35-23-50(4)46-43(35)56-6)47-41(52)29-10-14-38-37(20-29)51(25-44(26-57-38)16-7-8-28-18-32(45)11-13-36(28)44)22-30-9-12-34(30)39(55-5)21-31-19-33(58-40(27)31)15-17-49(2)3/h10-11,13-14,18,20,23,27,30-31,33-34,39-40H,7-9,12,15-17,19,21-22,24-26H2,1-6H3,(H,47,48,52,53,54)/t27-,30+,31-,33+,34-,39+,40-,44+,59+/m1/s1. The van der Waals surface area contributed by atoms with Gasteiger partial charge in [0.25, 0.3) is 11.8 Å². The van der Waals surface area contributed by atoms with E-state index in [0.29, 0.717) is 30.7 Å². The number of methoxy groups -OCH3 is 2. The van der Waals surface area contributed by atoms with Crippen molar-refractivity contribution in [1.29, 1.82) is 0 Å². The molecule has 2 aromatic carbocycles. The van der Waals surface area contributed by atoms with Crippen LogP contribution in [0.1, 0.15) is 83.7 Å². The van der Waals surface area contributed by atoms with Crippen LogP contribution in [-0.2, 0) is 38.3 Å². The second-order valence-corrected chi connectivity index (χ2v) is 20.4. The second-order valence-electron chi connectivity index (χ2n) is 17.9. The Kier molecular flexibility index (Phi) is 12.1. The summed E-state index contributed by atoms with van der Waals surface area (Å²) < 4.78 is 49.1. The number of nitrogens with one attached hydrogen (secondary N) is 1. The van der Waals surface area contributed by atoms with Gasteiger partial charge in [0.05, 0.1) is 43.5 Å². The Hall–Kier alpha value is -3.69. The Balaban J connectivity index is 1.21. The predicted molar refractivity (Wildman–Crippen MR) is 228 cm³/mol. The number of hydrogen-bond acceptors (Lipinski definition) is 10. The SMILES string of the molecule is COc1nn(C)cc1C(=O)N[S@@]1(=O)=NC(=O)c2ccc3c(c2)N(C[C@@H]2CC[C@H]2[C@@H](OC)C[C@H]2C[C@H](CCN(C)C)O[C@@H]2[C@H](C)C1)C[C@@]1(CCCc2cc(Cl)ccc21)CO3. The number of carbonyl (C=O) groups is 2. The lowest BCUT2D eigenvalue weighted by molar-refractivity contribution is -0.0448. The highest BCUT2D eigenvalue weighted by Crippen LogP contribution is 2.48. The van der Waals surface area contributed by atoms with Crippen LogP contribution in [0.3, 0.4) is 0 Å². The van der Waals surface area contributed by atoms with Crippen molar-refractivity contribution in [3.05, 3.63) is 69.9 Å². The van der Waals surface area contributed by atoms with E-state index in [1.165, 1.54) is 29.1 Å². The van der Waals surface area contributed by atoms with Gasteiger partial charge < -0.3 is 28.7 Å². The summed E-state index contributed by atoms with van der Waals surface area (Å²) in [6.45, 7) is 4.83. The second kappa shape index (κ2) is 17.0. The molecule has 2 bridgehead atoms. The first kappa shape index (κ1) is 42.0. The van der Waals surface area contributed by atoms with Crippen LogP contribution in [0.5, 0.6) is 11.6 Å². The van der Waals surface area contributed by atoms with Gasteiger partial charge in [-0.25, -0.2) is 4.21 Å². The van der Waals surface area contributed by atoms with Gasteiger partial charge in [0.2, 0.25) is 5.88 Å². The zero-order valence-electron chi connectivity index (χ0n) is 35.2. The van der Waals surface area contributed by atoms with E-state index in [9.17, 15) is 9.59 Å². The number of nitrogens with zero attached hydrogens (tertiary/aromatic N) is 5. The predicted octanol–water partition coefficient (Wildman–Crippen LogP) is 6.31. The number of carbonyl (C=O) groups excluding carboxylic acids is 2. The number of ether oxygens (including phenoxy) is 4. The van der Waals surface area contributed by atoms with Crippen molar-refractivity contribution >= 4 is 39.0 Å². The van der Waals surface area contributed by atoms with Gasteiger partial charge in [0.1, 0.15) is 21.2 Å². The van der Waals surface area contributed by atoms with Crippen molar-refractivity contribution in [3.8, 4) is 11.6 Å². The first-order valence-electron chi connectivity index (χ1n) is 21.1. The third-order valence-electron chi connectivity index (χ3n) is 13.6. The van der Waals surface area contributed by atoms with Gasteiger partial charge in [0.15, 0.2) is 0 Å². The molecule has 2 fully saturated rings. The average Bonchev–Trinajstić information content (AvgIpc) is 3.75. The molecule has 2 aliphatic carbocycles. The average molecular weight is 852 g/mol. The summed E-state index contributed by atoms with van der Waals surface area (Å²) in [6, 6.07) is 11.6. The minimum absolute atomic E-state index is 0.00599. The normalized spacial score (nSPS) is 31.9. The van der Waals surface area contributed by atoms with Crippen molar-refractivity contribution in [2.45, 2.75) is 82.0 Å². The van der Waals surface area contributed by atoms with Gasteiger partial charge in [-0.2, -0.15) is 0 Å². The van der Waals surface area contributed by atoms with Crippen LogP contribution >= 0.6 is 11.6 Å². The number of aromatic nitrogens is 2. The molecule has 3 aromatic rings. The van der Waals surface area contributed by atoms with Gasteiger partial charge in [-0.1, -0.05) is 24.6 Å². The highest BCUT2D eigenvalue weighted by molar-refractivity contribution is 7.92. The maximum absolute atomic E-state index is 15.2. The van der Waals surface area contributed by atoms with Gasteiger partial charge in [-0.15, -0.1) is 9.46 Å². The van der Waals surface area contributed by atoms with Crippen LogP contribution in [0.25, 0.3) is 0 Å². The van der Waals surface area contributed by atoms with Gasteiger partial charge in [0, 0.05) is 49.4 Å². The summed E-state index contributed by atoms with van der Waals surface area (Å²) >= 11 is 6.52. The Labute approximate surface area is 353 Å². The van der Waals surface area contributed by atoms with Crippen LogP contribution in [0.4, 0.5) is 5.69 Å². The van der Waals surface area contributed by atoms with Crippen LogP contribution < -0.4 is 19.1 Å². The quantitative estimate of drug-likeness (QED) is 0.288. The maximum atomic E-state index is 15.2. The number of halogens is 1.